The summed E-state index contributed by atoms with van der Waals surface area (Å²) in [5.74, 6) is 0.0383. The Kier molecular flexibility index (Phi) is 3.43. The number of hydrogen-bond donors (Lipinski definition) is 3. The number of carbonyl (C=O) groups excluding carboxylic acids is 1. The molecule has 0 saturated carbocycles. The van der Waals surface area contributed by atoms with Crippen LogP contribution in [-0.4, -0.2) is 30.7 Å². The Bertz CT molecular complexity index is 472. The van der Waals surface area contributed by atoms with E-state index in [9.17, 15) is 9.90 Å². The Labute approximate surface area is 107 Å². The van der Waals surface area contributed by atoms with Crippen LogP contribution in [0.5, 0.6) is 0 Å². The van der Waals surface area contributed by atoms with Crippen LogP contribution < -0.4 is 16.0 Å². The molecule has 0 saturated heterocycles. The summed E-state index contributed by atoms with van der Waals surface area (Å²) >= 11 is 0. The first kappa shape index (κ1) is 12.7. The minimum absolute atomic E-state index is 0.0383. The highest BCUT2D eigenvalue weighted by Crippen LogP contribution is 2.32. The summed E-state index contributed by atoms with van der Waals surface area (Å²) in [5.41, 5.74) is 9.42. The molecule has 18 heavy (non-hydrogen) atoms. The van der Waals surface area contributed by atoms with Crippen LogP contribution in [0.4, 0.5) is 17.1 Å². The first-order valence-corrected chi connectivity index (χ1v) is 6.09. The van der Waals surface area contributed by atoms with Crippen LogP contribution in [0.2, 0.25) is 0 Å². The van der Waals surface area contributed by atoms with Crippen LogP contribution in [0.1, 0.15) is 18.9 Å². The van der Waals surface area contributed by atoms with Gasteiger partial charge >= 0.3 is 0 Å². The van der Waals surface area contributed by atoms with Crippen molar-refractivity contribution >= 4 is 23.0 Å². The zero-order valence-electron chi connectivity index (χ0n) is 10.7. The first-order valence-electron chi connectivity index (χ1n) is 6.09. The number of nitrogens with zero attached hydrogens (tertiary/aromatic N) is 1. The molecule has 0 radical (unpaired) electrons. The number of carbonyl (C=O) groups is 1. The zero-order chi connectivity index (χ0) is 13.3. The van der Waals surface area contributed by atoms with E-state index in [1.54, 1.807) is 6.92 Å². The topological polar surface area (TPSA) is 78.6 Å². The van der Waals surface area contributed by atoms with Gasteiger partial charge in [-0.3, -0.25) is 4.79 Å². The maximum Gasteiger partial charge on any atom is 0.224 e. The van der Waals surface area contributed by atoms with Gasteiger partial charge < -0.3 is 21.1 Å². The van der Waals surface area contributed by atoms with Gasteiger partial charge in [-0.15, -0.1) is 0 Å². The second kappa shape index (κ2) is 4.86. The van der Waals surface area contributed by atoms with E-state index < -0.39 is 6.10 Å². The highest BCUT2D eigenvalue weighted by Gasteiger charge is 2.18. The summed E-state index contributed by atoms with van der Waals surface area (Å²) in [6.45, 7) is 2.23. The lowest BCUT2D eigenvalue weighted by atomic mass is 10.0. The first-order chi connectivity index (χ1) is 8.47. The molecule has 4 N–H and O–H groups in total. The number of rotatable bonds is 3. The fraction of sp³-hybridized carbons (Fsp3) is 0.462. The lowest BCUT2D eigenvalue weighted by molar-refractivity contribution is -0.116. The van der Waals surface area contributed by atoms with Crippen LogP contribution in [0.3, 0.4) is 0 Å². The molecule has 98 valence electrons. The van der Waals surface area contributed by atoms with Gasteiger partial charge in [-0.05, 0) is 31.0 Å². The molecule has 5 nitrogen and oxygen atoms in total. The summed E-state index contributed by atoms with van der Waals surface area (Å²) in [4.78, 5) is 13.3. The van der Waals surface area contributed by atoms with Gasteiger partial charge in [0.1, 0.15) is 0 Å². The van der Waals surface area contributed by atoms with E-state index in [0.717, 1.165) is 23.4 Å². The normalized spacial score (nSPS) is 15.8. The quantitative estimate of drug-likeness (QED) is 0.697. The monoisotopic (exact) mass is 249 g/mol. The average molecular weight is 249 g/mol. The second-order valence-electron chi connectivity index (χ2n) is 4.85. The van der Waals surface area contributed by atoms with Crippen molar-refractivity contribution in [1.29, 1.82) is 0 Å². The summed E-state index contributed by atoms with van der Waals surface area (Å²) in [5, 5.41) is 12.3. The van der Waals surface area contributed by atoms with Crippen molar-refractivity contribution < 1.29 is 9.90 Å². The number of amides is 1. The van der Waals surface area contributed by atoms with Crippen molar-refractivity contribution in [2.45, 2.75) is 25.9 Å². The molecule has 1 aliphatic rings. The molecular weight excluding hydrogens is 230 g/mol. The van der Waals surface area contributed by atoms with Gasteiger partial charge in [-0.1, -0.05) is 0 Å². The molecule has 1 heterocycles. The Balaban J connectivity index is 2.31. The molecule has 0 aromatic heterocycles. The van der Waals surface area contributed by atoms with E-state index >= 15 is 0 Å². The number of anilines is 3. The third-order valence-corrected chi connectivity index (χ3v) is 3.10. The van der Waals surface area contributed by atoms with Gasteiger partial charge in [0.15, 0.2) is 0 Å². The predicted molar refractivity (Wildman–Crippen MR) is 72.8 cm³/mol. The highest BCUT2D eigenvalue weighted by molar-refractivity contribution is 5.95. The van der Waals surface area contributed by atoms with Crippen LogP contribution in [0.15, 0.2) is 12.1 Å². The summed E-state index contributed by atoms with van der Waals surface area (Å²) in [6.07, 6.45) is 0.807. The minimum Gasteiger partial charge on any atom is -0.397 e. The third-order valence-electron chi connectivity index (χ3n) is 3.10. The molecule has 1 aromatic carbocycles. The van der Waals surface area contributed by atoms with E-state index in [0.29, 0.717) is 18.7 Å². The van der Waals surface area contributed by atoms with E-state index in [-0.39, 0.29) is 5.91 Å². The molecule has 1 atom stereocenters. The Morgan fingerprint density at radius 1 is 1.50 bits per heavy atom. The van der Waals surface area contributed by atoms with Crippen LogP contribution in [0.25, 0.3) is 0 Å². The molecule has 0 aliphatic carbocycles. The van der Waals surface area contributed by atoms with Crippen molar-refractivity contribution in [3.8, 4) is 0 Å². The third kappa shape index (κ3) is 2.56. The molecule has 1 aliphatic heterocycles. The van der Waals surface area contributed by atoms with Gasteiger partial charge in [0.2, 0.25) is 5.91 Å². The highest BCUT2D eigenvalue weighted by atomic mass is 16.3. The van der Waals surface area contributed by atoms with Gasteiger partial charge in [0, 0.05) is 25.7 Å². The summed E-state index contributed by atoms with van der Waals surface area (Å²) in [6, 6.07) is 3.78. The number of benzene rings is 1. The van der Waals surface area contributed by atoms with Crippen molar-refractivity contribution in [1.82, 2.24) is 0 Å². The molecule has 1 unspecified atom stereocenters. The van der Waals surface area contributed by atoms with E-state index in [1.165, 1.54) is 0 Å². The molecular formula is C13H19N3O2. The number of likely N-dealkylation sites (N-methyl/N-ethyl adjacent to an activating group) is 1. The fourth-order valence-corrected chi connectivity index (χ4v) is 2.26. The van der Waals surface area contributed by atoms with Crippen molar-refractivity contribution in [3.05, 3.63) is 17.7 Å². The van der Waals surface area contributed by atoms with Gasteiger partial charge in [0.05, 0.1) is 17.5 Å². The number of aryl methyl sites for hydroxylation is 1. The summed E-state index contributed by atoms with van der Waals surface area (Å²) in [7, 11) is 1.87. The van der Waals surface area contributed by atoms with Crippen molar-refractivity contribution in [2.75, 3.05) is 29.5 Å². The van der Waals surface area contributed by atoms with Gasteiger partial charge in [-0.2, -0.15) is 0 Å². The molecule has 1 aromatic rings. The number of fused-ring (bicyclic) bond motifs is 1. The fourth-order valence-electron chi connectivity index (χ4n) is 2.26. The number of aliphatic hydroxyl groups is 1. The molecule has 0 fully saturated rings. The molecule has 0 bridgehead atoms. The standard InChI is InChI=1S/C13H19N3O2/c1-8(17)7-16(2)12-6-11-9(5-10(12)14)3-4-13(18)15-11/h5-6,8,17H,3-4,7,14H2,1-2H3,(H,15,18). The largest absolute Gasteiger partial charge is 0.397 e. The van der Waals surface area contributed by atoms with Crippen molar-refractivity contribution in [2.24, 2.45) is 0 Å². The Morgan fingerprint density at radius 2 is 2.22 bits per heavy atom. The molecule has 0 spiro atoms. The maximum absolute atomic E-state index is 11.4. The molecule has 1 amide bonds. The van der Waals surface area contributed by atoms with Crippen molar-refractivity contribution in [3.63, 3.8) is 0 Å². The Morgan fingerprint density at radius 3 is 2.89 bits per heavy atom. The molecule has 2 rings (SSSR count). The van der Waals surface area contributed by atoms with Crippen LogP contribution in [-0.2, 0) is 11.2 Å². The van der Waals surface area contributed by atoms with E-state index in [4.69, 9.17) is 5.73 Å². The SMILES string of the molecule is CC(O)CN(C)c1cc2c(cc1N)CCC(=O)N2. The van der Waals surface area contributed by atoms with E-state index in [1.807, 2.05) is 24.1 Å². The number of nitrogen functional groups attached to an aromatic ring is 1. The number of hydrogen-bond acceptors (Lipinski definition) is 4. The number of aliphatic hydroxyl groups excluding tert-OH is 1. The summed E-state index contributed by atoms with van der Waals surface area (Å²) < 4.78 is 0. The van der Waals surface area contributed by atoms with Crippen LogP contribution in [0, 0.1) is 0 Å². The molecule has 5 heteroatoms. The Hall–Kier alpha value is -1.75. The maximum atomic E-state index is 11.4. The lowest BCUT2D eigenvalue weighted by Gasteiger charge is -2.26. The van der Waals surface area contributed by atoms with Gasteiger partial charge in [0.25, 0.3) is 0 Å². The minimum atomic E-state index is -0.431. The lowest BCUT2D eigenvalue weighted by Crippen LogP contribution is -2.28. The predicted octanol–water partition coefficient (Wildman–Crippen LogP) is 0.971. The average Bonchev–Trinajstić information content (AvgIpc) is 2.27. The smallest absolute Gasteiger partial charge is 0.224 e. The zero-order valence-corrected chi connectivity index (χ0v) is 10.7. The van der Waals surface area contributed by atoms with E-state index in [2.05, 4.69) is 5.32 Å². The van der Waals surface area contributed by atoms with Crippen LogP contribution >= 0.6 is 0 Å². The second-order valence-corrected chi connectivity index (χ2v) is 4.85. The number of nitrogens with one attached hydrogen (secondary N) is 1. The van der Waals surface area contributed by atoms with Gasteiger partial charge in [-0.25, -0.2) is 0 Å². The number of nitrogens with two attached hydrogens (primary N) is 1.